The van der Waals surface area contributed by atoms with Crippen molar-refractivity contribution in [2.75, 3.05) is 6.54 Å². The highest BCUT2D eigenvalue weighted by molar-refractivity contribution is 8.00. The zero-order chi connectivity index (χ0) is 17.9. The number of ether oxygens (including phenoxy) is 1. The molecule has 0 spiro atoms. The molecule has 23 heavy (non-hydrogen) atoms. The molecule has 0 saturated carbocycles. The van der Waals surface area contributed by atoms with Crippen molar-refractivity contribution < 1.29 is 20.8 Å². The number of halogens is 1. The van der Waals surface area contributed by atoms with Crippen molar-refractivity contribution in [3.63, 3.8) is 0 Å². The molecule has 1 heterocycles. The highest BCUT2D eigenvalue weighted by Crippen LogP contribution is 2.34. The second kappa shape index (κ2) is 7.01. The van der Waals surface area contributed by atoms with Crippen molar-refractivity contribution in [3.8, 4) is 0 Å². The molecule has 1 aromatic rings. The van der Waals surface area contributed by atoms with E-state index in [1.807, 2.05) is 12.1 Å². The van der Waals surface area contributed by atoms with Gasteiger partial charge >= 0.3 is 12.1 Å². The lowest BCUT2D eigenvalue weighted by Gasteiger charge is -2.26. The van der Waals surface area contributed by atoms with Crippen molar-refractivity contribution in [2.45, 2.75) is 49.0 Å². The first-order chi connectivity index (χ1) is 11.2. The Hall–Kier alpha value is -1.40. The van der Waals surface area contributed by atoms with Gasteiger partial charge in [0.05, 0.1) is 0 Å². The minimum atomic E-state index is -1.05. The third-order valence-electron chi connectivity index (χ3n) is 3.26. The normalized spacial score (nSPS) is 21.9. The van der Waals surface area contributed by atoms with Gasteiger partial charge in [0.2, 0.25) is 0 Å². The van der Waals surface area contributed by atoms with E-state index in [1.54, 1.807) is 26.0 Å². The van der Waals surface area contributed by atoms with E-state index in [4.69, 9.17) is 17.7 Å². The summed E-state index contributed by atoms with van der Waals surface area (Å²) in [4.78, 5) is 26.0. The summed E-state index contributed by atoms with van der Waals surface area (Å²) in [7, 11) is 0. The summed E-state index contributed by atoms with van der Waals surface area (Å²) in [5.74, 6) is -1.05. The Kier molecular flexibility index (Phi) is 5.02. The van der Waals surface area contributed by atoms with Gasteiger partial charge in [-0.2, -0.15) is 0 Å². The Labute approximate surface area is 146 Å². The van der Waals surface area contributed by atoms with Crippen LogP contribution in [0.4, 0.5) is 4.79 Å². The van der Waals surface area contributed by atoms with E-state index in [9.17, 15) is 14.7 Å². The molecule has 2 rings (SSSR count). The molecule has 1 amide bonds. The number of hydrogen-bond donors (Lipinski definition) is 1. The molecule has 1 fully saturated rings. The third kappa shape index (κ3) is 5.04. The molecule has 1 N–H and O–H groups in total. The molecule has 0 radical (unpaired) electrons. The number of likely N-dealkylation sites (tertiary alicyclic amines) is 1. The number of hydrogen-bond acceptors (Lipinski definition) is 4. The standard InChI is InChI=1S/C16H20ClNO4S/c1-16(2,3)22-15(21)18-9-12(8-13(18)14(19)20)23-11-6-4-10(17)5-7-11/h4-7,12-13H,8-9H2,1-3H3,(H,19,20)/t12-,13+/m1/s1/i1D. The van der Waals surface area contributed by atoms with Crippen molar-refractivity contribution in [1.29, 1.82) is 0 Å². The predicted octanol–water partition coefficient (Wildman–Crippen LogP) is 3.89. The van der Waals surface area contributed by atoms with Crippen LogP contribution < -0.4 is 0 Å². The van der Waals surface area contributed by atoms with Crippen LogP contribution in [0.25, 0.3) is 0 Å². The summed E-state index contributed by atoms with van der Waals surface area (Å²) < 4.78 is 12.7. The van der Waals surface area contributed by atoms with Crippen molar-refractivity contribution in [3.05, 3.63) is 29.3 Å². The average Bonchev–Trinajstić information content (AvgIpc) is 2.93. The molecule has 0 bridgehead atoms. The number of carboxylic acid groups (broad SMARTS) is 1. The average molecular weight is 359 g/mol. The number of benzene rings is 1. The highest BCUT2D eigenvalue weighted by Gasteiger charge is 2.41. The number of carboxylic acids is 1. The monoisotopic (exact) mass is 358 g/mol. The van der Waals surface area contributed by atoms with Crippen molar-refractivity contribution in [1.82, 2.24) is 4.90 Å². The fourth-order valence-corrected chi connectivity index (χ4v) is 3.64. The molecule has 2 atom stereocenters. The number of amides is 1. The molecule has 0 aliphatic carbocycles. The summed E-state index contributed by atoms with van der Waals surface area (Å²) in [6, 6.07) is 6.37. The van der Waals surface area contributed by atoms with Gasteiger partial charge in [-0.15, -0.1) is 11.8 Å². The Balaban J connectivity index is 2.06. The van der Waals surface area contributed by atoms with E-state index >= 15 is 0 Å². The fraction of sp³-hybridized carbons (Fsp3) is 0.500. The quantitative estimate of drug-likeness (QED) is 0.887. The maximum atomic E-state index is 12.3. The fourth-order valence-electron chi connectivity index (χ4n) is 2.32. The smallest absolute Gasteiger partial charge is 0.411 e. The van der Waals surface area contributed by atoms with E-state index in [2.05, 4.69) is 0 Å². The lowest BCUT2D eigenvalue weighted by atomic mass is 10.2. The lowest BCUT2D eigenvalue weighted by molar-refractivity contribution is -0.142. The second-order valence-corrected chi connectivity index (χ2v) is 7.87. The topological polar surface area (TPSA) is 66.8 Å². The maximum Gasteiger partial charge on any atom is 0.411 e. The third-order valence-corrected chi connectivity index (χ3v) is 4.73. The van der Waals surface area contributed by atoms with Crippen LogP contribution in [-0.2, 0) is 9.53 Å². The first-order valence-corrected chi connectivity index (χ1v) is 8.41. The van der Waals surface area contributed by atoms with Crippen LogP contribution >= 0.6 is 23.4 Å². The Morgan fingerprint density at radius 1 is 1.43 bits per heavy atom. The lowest BCUT2D eigenvalue weighted by Crippen LogP contribution is -2.43. The van der Waals surface area contributed by atoms with E-state index in [0.717, 1.165) is 4.90 Å². The molecule has 126 valence electrons. The maximum absolute atomic E-state index is 12.3. The summed E-state index contributed by atoms with van der Waals surface area (Å²) in [5.41, 5.74) is -0.943. The summed E-state index contributed by atoms with van der Waals surface area (Å²) in [5, 5.41) is 9.99. The van der Waals surface area contributed by atoms with Crippen molar-refractivity contribution >= 4 is 35.4 Å². The number of carbonyl (C=O) groups excluding carboxylic acids is 1. The van der Waals surface area contributed by atoms with Gasteiger partial charge in [0.25, 0.3) is 0 Å². The zero-order valence-corrected chi connectivity index (χ0v) is 14.6. The van der Waals surface area contributed by atoms with Crippen LogP contribution in [0.3, 0.4) is 0 Å². The SMILES string of the molecule is [2H]CC(C)(C)OC(=O)N1C[C@H](Sc2ccc(Cl)cc2)C[C@H]1C(=O)O. The van der Waals surface area contributed by atoms with Crippen LogP contribution in [0.15, 0.2) is 29.2 Å². The van der Waals surface area contributed by atoms with Crippen LogP contribution in [-0.4, -0.2) is 45.5 Å². The van der Waals surface area contributed by atoms with Crippen LogP contribution in [0.2, 0.25) is 5.02 Å². The van der Waals surface area contributed by atoms with Gasteiger partial charge in [-0.05, 0) is 51.4 Å². The van der Waals surface area contributed by atoms with Crippen LogP contribution in [0.5, 0.6) is 0 Å². The predicted molar refractivity (Wildman–Crippen MR) is 90.1 cm³/mol. The minimum Gasteiger partial charge on any atom is -0.480 e. The number of nitrogens with zero attached hydrogens (tertiary/aromatic N) is 1. The van der Waals surface area contributed by atoms with Crippen molar-refractivity contribution in [2.24, 2.45) is 0 Å². The van der Waals surface area contributed by atoms with Gasteiger partial charge < -0.3 is 9.84 Å². The summed E-state index contributed by atoms with van der Waals surface area (Å²) in [6.45, 7) is 3.46. The second-order valence-electron chi connectivity index (χ2n) is 6.06. The van der Waals surface area contributed by atoms with E-state index < -0.39 is 23.7 Å². The molecular formula is C16H20ClNO4S. The molecule has 5 nitrogen and oxygen atoms in total. The number of thioether (sulfide) groups is 1. The largest absolute Gasteiger partial charge is 0.480 e. The van der Waals surface area contributed by atoms with Gasteiger partial charge in [-0.3, -0.25) is 4.90 Å². The molecule has 1 aliphatic rings. The Bertz CT molecular complexity index is 611. The first-order valence-electron chi connectivity index (χ1n) is 7.86. The molecule has 1 saturated heterocycles. The minimum absolute atomic E-state index is 0.0426. The van der Waals surface area contributed by atoms with Crippen LogP contribution in [0, 0.1) is 0 Å². The summed E-state index contributed by atoms with van der Waals surface area (Å²) >= 11 is 7.38. The molecular weight excluding hydrogens is 338 g/mol. The molecule has 0 unspecified atom stereocenters. The van der Waals surface area contributed by atoms with Gasteiger partial charge in [0.1, 0.15) is 11.6 Å². The van der Waals surface area contributed by atoms with Gasteiger partial charge in [-0.25, -0.2) is 9.59 Å². The van der Waals surface area contributed by atoms with Crippen LogP contribution in [0.1, 0.15) is 28.5 Å². The molecule has 1 aromatic carbocycles. The molecule has 1 aliphatic heterocycles. The Morgan fingerprint density at radius 3 is 2.65 bits per heavy atom. The van der Waals surface area contributed by atoms with Gasteiger partial charge in [0, 0.05) is 23.1 Å². The number of aliphatic carboxylic acids is 1. The number of carbonyl (C=O) groups is 2. The van der Waals surface area contributed by atoms with E-state index in [1.165, 1.54) is 16.7 Å². The van der Waals surface area contributed by atoms with E-state index in [0.29, 0.717) is 11.4 Å². The van der Waals surface area contributed by atoms with E-state index in [-0.39, 0.29) is 18.7 Å². The highest BCUT2D eigenvalue weighted by atomic mass is 35.5. The number of rotatable bonds is 3. The molecule has 7 heteroatoms. The van der Waals surface area contributed by atoms with Gasteiger partial charge in [-0.1, -0.05) is 11.6 Å². The van der Waals surface area contributed by atoms with Gasteiger partial charge in [0.15, 0.2) is 0 Å². The summed E-state index contributed by atoms with van der Waals surface area (Å²) in [6.07, 6.45) is -0.335. The molecule has 0 aromatic heterocycles. The first kappa shape index (κ1) is 16.5. The zero-order valence-electron chi connectivity index (χ0n) is 14.0. The Morgan fingerprint density at radius 2 is 2.09 bits per heavy atom.